The molecule has 1 aromatic heterocycles. The van der Waals surface area contributed by atoms with Crippen molar-refractivity contribution in [1.82, 2.24) is 20.3 Å². The lowest BCUT2D eigenvalue weighted by Gasteiger charge is -2.19. The first-order valence-corrected chi connectivity index (χ1v) is 6.35. The molecule has 19 heavy (non-hydrogen) atoms. The molecule has 0 radical (unpaired) electrons. The summed E-state index contributed by atoms with van der Waals surface area (Å²) in [5.74, 6) is -0.372. The van der Waals surface area contributed by atoms with Crippen LogP contribution in [0.3, 0.4) is 0 Å². The molecule has 102 valence electrons. The highest BCUT2D eigenvalue weighted by Gasteiger charge is 2.11. The maximum absolute atomic E-state index is 13.0. The smallest absolute Gasteiger partial charge is 0.124 e. The van der Waals surface area contributed by atoms with E-state index in [4.69, 9.17) is 11.6 Å². The minimum atomic E-state index is -0.372. The van der Waals surface area contributed by atoms with E-state index in [1.807, 2.05) is 0 Å². The van der Waals surface area contributed by atoms with Gasteiger partial charge in [-0.15, -0.1) is 5.10 Å². The minimum absolute atomic E-state index is 0.0112. The Bertz CT molecular complexity index is 574. The van der Waals surface area contributed by atoms with Gasteiger partial charge < -0.3 is 5.32 Å². The van der Waals surface area contributed by atoms with Crippen LogP contribution in [0.5, 0.6) is 0 Å². The summed E-state index contributed by atoms with van der Waals surface area (Å²) in [5, 5.41) is 11.7. The SMILES string of the molecule is CC(C)(C)NCc1cn(-c2ccc(F)cc2Cl)nn1. The van der Waals surface area contributed by atoms with E-state index < -0.39 is 0 Å². The Morgan fingerprint density at radius 1 is 1.37 bits per heavy atom. The van der Waals surface area contributed by atoms with Gasteiger partial charge in [0.1, 0.15) is 5.82 Å². The van der Waals surface area contributed by atoms with Crippen LogP contribution in [0.25, 0.3) is 5.69 Å². The molecule has 4 nitrogen and oxygen atoms in total. The maximum Gasteiger partial charge on any atom is 0.124 e. The maximum atomic E-state index is 13.0. The number of nitrogens with one attached hydrogen (secondary N) is 1. The van der Waals surface area contributed by atoms with Crippen LogP contribution in [0.2, 0.25) is 5.02 Å². The minimum Gasteiger partial charge on any atom is -0.306 e. The zero-order chi connectivity index (χ0) is 14.0. The average Bonchev–Trinajstić information content (AvgIpc) is 2.74. The van der Waals surface area contributed by atoms with Crippen LogP contribution in [0, 0.1) is 5.82 Å². The van der Waals surface area contributed by atoms with Gasteiger partial charge in [-0.05, 0) is 39.0 Å². The van der Waals surface area contributed by atoms with Crippen molar-refractivity contribution < 1.29 is 4.39 Å². The van der Waals surface area contributed by atoms with Gasteiger partial charge in [0.05, 0.1) is 22.6 Å². The van der Waals surface area contributed by atoms with E-state index in [-0.39, 0.29) is 11.4 Å². The molecule has 6 heteroatoms. The first-order chi connectivity index (χ1) is 8.85. The number of aromatic nitrogens is 3. The van der Waals surface area contributed by atoms with Crippen molar-refractivity contribution in [2.75, 3.05) is 0 Å². The molecule has 0 spiro atoms. The summed E-state index contributed by atoms with van der Waals surface area (Å²) < 4.78 is 14.5. The van der Waals surface area contributed by atoms with Gasteiger partial charge >= 0.3 is 0 Å². The van der Waals surface area contributed by atoms with Crippen molar-refractivity contribution in [2.45, 2.75) is 32.9 Å². The molecule has 2 rings (SSSR count). The van der Waals surface area contributed by atoms with Crippen molar-refractivity contribution in [3.63, 3.8) is 0 Å². The molecule has 0 saturated heterocycles. The molecule has 2 aromatic rings. The summed E-state index contributed by atoms with van der Waals surface area (Å²) in [6.45, 7) is 6.85. The number of rotatable bonds is 3. The molecular weight excluding hydrogens is 267 g/mol. The van der Waals surface area contributed by atoms with Crippen LogP contribution in [0.15, 0.2) is 24.4 Å². The van der Waals surface area contributed by atoms with Gasteiger partial charge in [-0.25, -0.2) is 9.07 Å². The fourth-order valence-corrected chi connectivity index (χ4v) is 1.77. The second-order valence-electron chi connectivity index (χ2n) is 5.35. The lowest BCUT2D eigenvalue weighted by atomic mass is 10.1. The summed E-state index contributed by atoms with van der Waals surface area (Å²) in [5.41, 5.74) is 1.42. The normalized spacial score (nSPS) is 11.8. The molecule has 0 fully saturated rings. The predicted octanol–water partition coefficient (Wildman–Crippen LogP) is 2.95. The average molecular weight is 283 g/mol. The second kappa shape index (κ2) is 5.27. The number of hydrogen-bond donors (Lipinski definition) is 1. The van der Waals surface area contributed by atoms with E-state index in [2.05, 4.69) is 36.4 Å². The second-order valence-corrected chi connectivity index (χ2v) is 5.76. The van der Waals surface area contributed by atoms with Gasteiger partial charge in [0.2, 0.25) is 0 Å². The summed E-state index contributed by atoms with van der Waals surface area (Å²) in [4.78, 5) is 0. The van der Waals surface area contributed by atoms with Gasteiger partial charge in [-0.3, -0.25) is 0 Å². The van der Waals surface area contributed by atoms with E-state index in [0.29, 0.717) is 17.3 Å². The van der Waals surface area contributed by atoms with Crippen LogP contribution >= 0.6 is 11.6 Å². The molecule has 1 heterocycles. The number of hydrogen-bond acceptors (Lipinski definition) is 3. The topological polar surface area (TPSA) is 42.7 Å². The van der Waals surface area contributed by atoms with Crippen molar-refractivity contribution in [1.29, 1.82) is 0 Å². The van der Waals surface area contributed by atoms with Crippen LogP contribution in [0.4, 0.5) is 4.39 Å². The lowest BCUT2D eigenvalue weighted by molar-refractivity contribution is 0.421. The highest BCUT2D eigenvalue weighted by Crippen LogP contribution is 2.20. The number of benzene rings is 1. The van der Waals surface area contributed by atoms with Gasteiger partial charge in [-0.1, -0.05) is 16.8 Å². The Labute approximate surface area is 116 Å². The molecule has 0 aliphatic heterocycles. The fraction of sp³-hybridized carbons (Fsp3) is 0.385. The van der Waals surface area contributed by atoms with Crippen LogP contribution < -0.4 is 5.32 Å². The first-order valence-electron chi connectivity index (χ1n) is 5.97. The molecule has 0 aliphatic carbocycles. The molecule has 0 amide bonds. The standard InChI is InChI=1S/C13H16ClFN4/c1-13(2,3)16-7-10-8-19(18-17-10)12-5-4-9(15)6-11(12)14/h4-6,8,16H,7H2,1-3H3. The highest BCUT2D eigenvalue weighted by atomic mass is 35.5. The summed E-state index contributed by atoms with van der Waals surface area (Å²) in [6, 6.07) is 4.18. The summed E-state index contributed by atoms with van der Waals surface area (Å²) in [6.07, 6.45) is 1.78. The Balaban J connectivity index is 2.16. The summed E-state index contributed by atoms with van der Waals surface area (Å²) >= 11 is 5.98. The highest BCUT2D eigenvalue weighted by molar-refractivity contribution is 6.32. The van der Waals surface area contributed by atoms with Crippen molar-refractivity contribution >= 4 is 11.6 Å². The van der Waals surface area contributed by atoms with Crippen LogP contribution in [-0.2, 0) is 6.54 Å². The molecule has 0 bridgehead atoms. The molecule has 1 aromatic carbocycles. The van der Waals surface area contributed by atoms with E-state index in [1.54, 1.807) is 16.9 Å². The van der Waals surface area contributed by atoms with Crippen molar-refractivity contribution in [3.8, 4) is 5.69 Å². The Kier molecular flexibility index (Phi) is 3.87. The number of nitrogens with zero attached hydrogens (tertiary/aromatic N) is 3. The first kappa shape index (κ1) is 14.0. The Morgan fingerprint density at radius 2 is 2.11 bits per heavy atom. The predicted molar refractivity (Wildman–Crippen MR) is 72.9 cm³/mol. The third kappa shape index (κ3) is 3.75. The van der Waals surface area contributed by atoms with Gasteiger partial charge in [-0.2, -0.15) is 0 Å². The molecular formula is C13H16ClFN4. The van der Waals surface area contributed by atoms with Crippen LogP contribution in [0.1, 0.15) is 26.5 Å². The molecule has 0 saturated carbocycles. The monoisotopic (exact) mass is 282 g/mol. The number of halogens is 2. The molecule has 0 unspecified atom stereocenters. The zero-order valence-electron chi connectivity index (χ0n) is 11.1. The van der Waals surface area contributed by atoms with Crippen molar-refractivity contribution in [2.24, 2.45) is 0 Å². The third-order valence-electron chi connectivity index (χ3n) is 2.50. The lowest BCUT2D eigenvalue weighted by Crippen LogP contribution is -2.35. The molecule has 0 aliphatic rings. The van der Waals surface area contributed by atoms with E-state index in [1.165, 1.54) is 12.1 Å². The summed E-state index contributed by atoms with van der Waals surface area (Å²) in [7, 11) is 0. The van der Waals surface area contributed by atoms with Gasteiger partial charge in [0.25, 0.3) is 0 Å². The Hall–Kier alpha value is -1.46. The molecule has 1 N–H and O–H groups in total. The van der Waals surface area contributed by atoms with Crippen molar-refractivity contribution in [3.05, 3.63) is 40.9 Å². The van der Waals surface area contributed by atoms with E-state index in [0.717, 1.165) is 5.69 Å². The fourth-order valence-electron chi connectivity index (χ4n) is 1.52. The van der Waals surface area contributed by atoms with E-state index >= 15 is 0 Å². The zero-order valence-corrected chi connectivity index (χ0v) is 11.9. The quantitative estimate of drug-likeness (QED) is 0.941. The molecule has 0 atom stereocenters. The Morgan fingerprint density at radius 3 is 2.74 bits per heavy atom. The third-order valence-corrected chi connectivity index (χ3v) is 2.80. The van der Waals surface area contributed by atoms with E-state index in [9.17, 15) is 4.39 Å². The van der Waals surface area contributed by atoms with Gasteiger partial charge in [0.15, 0.2) is 0 Å². The van der Waals surface area contributed by atoms with Crippen LogP contribution in [-0.4, -0.2) is 20.5 Å². The van der Waals surface area contributed by atoms with Gasteiger partial charge in [0, 0.05) is 12.1 Å². The largest absolute Gasteiger partial charge is 0.306 e.